The first-order valence-electron chi connectivity index (χ1n) is 8.25. The maximum atomic E-state index is 12.3. The fraction of sp³-hybridized carbons (Fsp3) is 0.105. The van der Waals surface area contributed by atoms with Crippen molar-refractivity contribution < 1.29 is 18.4 Å². The van der Waals surface area contributed by atoms with Crippen LogP contribution >= 0.6 is 11.3 Å². The second-order valence-electron chi connectivity index (χ2n) is 5.87. The molecule has 4 aromatic heterocycles. The van der Waals surface area contributed by atoms with Gasteiger partial charge in [-0.25, -0.2) is 4.98 Å². The van der Waals surface area contributed by atoms with Crippen molar-refractivity contribution in [1.29, 1.82) is 0 Å². The van der Waals surface area contributed by atoms with Gasteiger partial charge in [0.2, 0.25) is 0 Å². The number of hydrogen-bond donors (Lipinski definition) is 1. The summed E-state index contributed by atoms with van der Waals surface area (Å²) in [5.41, 5.74) is 1.52. The van der Waals surface area contributed by atoms with Crippen molar-refractivity contribution in [3.8, 4) is 11.5 Å². The fourth-order valence-corrected chi connectivity index (χ4v) is 3.84. The normalized spacial score (nSPS) is 18.4. The minimum Gasteiger partial charge on any atom is -0.463 e. The number of amides is 1. The molecule has 1 N–H and O–H groups in total. The minimum absolute atomic E-state index is 0.131. The summed E-state index contributed by atoms with van der Waals surface area (Å²) in [7, 11) is 0. The molecule has 0 aliphatic carbocycles. The van der Waals surface area contributed by atoms with Crippen LogP contribution in [0.2, 0.25) is 0 Å². The van der Waals surface area contributed by atoms with E-state index in [2.05, 4.69) is 15.3 Å². The molecule has 5 heterocycles. The molecule has 0 radical (unpaired) electrons. The van der Waals surface area contributed by atoms with E-state index in [1.807, 2.05) is 24.3 Å². The molecular weight excluding hydrogens is 366 g/mol. The van der Waals surface area contributed by atoms with Crippen molar-refractivity contribution in [2.45, 2.75) is 12.2 Å². The number of pyridine rings is 1. The largest absolute Gasteiger partial charge is 0.463 e. The molecule has 8 heteroatoms. The van der Waals surface area contributed by atoms with Gasteiger partial charge in [0.25, 0.3) is 5.91 Å². The second-order valence-corrected chi connectivity index (χ2v) is 6.90. The molecule has 1 saturated heterocycles. The van der Waals surface area contributed by atoms with Crippen LogP contribution in [-0.4, -0.2) is 15.9 Å². The Morgan fingerprint density at radius 3 is 2.67 bits per heavy atom. The van der Waals surface area contributed by atoms with Gasteiger partial charge in [0.1, 0.15) is 17.9 Å². The first kappa shape index (κ1) is 16.0. The highest BCUT2D eigenvalue weighted by Gasteiger charge is 2.46. The number of carbonyl (C=O) groups excluding carboxylic acids is 1. The quantitative estimate of drug-likeness (QED) is 0.515. The van der Waals surface area contributed by atoms with Crippen molar-refractivity contribution in [1.82, 2.24) is 9.97 Å². The lowest BCUT2D eigenvalue weighted by Gasteiger charge is -1.96. The average Bonchev–Trinajstić information content (AvgIpc) is 3.13. The number of carbonyl (C=O) groups is 1. The Morgan fingerprint density at radius 2 is 1.93 bits per heavy atom. The summed E-state index contributed by atoms with van der Waals surface area (Å²) < 4.78 is 16.5. The van der Waals surface area contributed by atoms with Crippen LogP contribution in [0.5, 0.6) is 0 Å². The van der Waals surface area contributed by atoms with Gasteiger partial charge in [-0.05, 0) is 36.4 Å². The highest BCUT2D eigenvalue weighted by molar-refractivity contribution is 7.16. The van der Waals surface area contributed by atoms with Crippen LogP contribution in [0.15, 0.2) is 70.0 Å². The average molecular weight is 379 g/mol. The molecule has 0 bridgehead atoms. The Balaban J connectivity index is 1.45. The van der Waals surface area contributed by atoms with Gasteiger partial charge in [-0.15, -0.1) is 0 Å². The van der Waals surface area contributed by atoms with Crippen LogP contribution in [0, 0.1) is 0 Å². The molecule has 0 spiro atoms. The number of anilines is 1. The Labute approximate surface area is 157 Å². The topological polar surface area (TPSA) is 93.7 Å². The second kappa shape index (κ2) is 6.49. The summed E-state index contributed by atoms with van der Waals surface area (Å²) in [6.45, 7) is 0. The van der Waals surface area contributed by atoms with E-state index < -0.39 is 0 Å². The summed E-state index contributed by atoms with van der Waals surface area (Å²) in [5, 5.41) is 3.22. The summed E-state index contributed by atoms with van der Waals surface area (Å²) in [4.78, 5) is 22.0. The van der Waals surface area contributed by atoms with E-state index in [0.717, 1.165) is 10.6 Å². The van der Waals surface area contributed by atoms with Crippen molar-refractivity contribution in [2.75, 3.05) is 5.32 Å². The summed E-state index contributed by atoms with van der Waals surface area (Å²) in [6, 6.07) is 12.6. The van der Waals surface area contributed by atoms with Crippen LogP contribution in [0.4, 0.5) is 5.13 Å². The van der Waals surface area contributed by atoms with E-state index >= 15 is 0 Å². The van der Waals surface area contributed by atoms with E-state index in [1.54, 1.807) is 30.7 Å². The van der Waals surface area contributed by atoms with E-state index in [4.69, 9.17) is 13.6 Å². The zero-order valence-electron chi connectivity index (χ0n) is 13.9. The molecule has 134 valence electrons. The number of rotatable bonds is 5. The van der Waals surface area contributed by atoms with Gasteiger partial charge in [0, 0.05) is 6.20 Å². The molecule has 1 aliphatic rings. The molecule has 1 amide bonds. The zero-order valence-corrected chi connectivity index (χ0v) is 14.7. The molecule has 27 heavy (non-hydrogen) atoms. The smallest absolute Gasteiger partial charge is 0.293 e. The summed E-state index contributed by atoms with van der Waals surface area (Å²) in [5.74, 6) is 0.486. The predicted octanol–water partition coefficient (Wildman–Crippen LogP) is 4.46. The van der Waals surface area contributed by atoms with Gasteiger partial charge < -0.3 is 13.6 Å². The first-order valence-corrected chi connectivity index (χ1v) is 9.07. The zero-order chi connectivity index (χ0) is 18.2. The Bertz CT molecular complexity index is 1060. The molecular formula is C19H13N3O4S. The van der Waals surface area contributed by atoms with Gasteiger partial charge in [0.05, 0.1) is 23.1 Å². The van der Waals surface area contributed by atoms with Crippen LogP contribution in [-0.2, 0) is 4.74 Å². The number of nitrogens with one attached hydrogen (secondary N) is 1. The molecule has 0 aromatic carbocycles. The monoisotopic (exact) mass is 379 g/mol. The minimum atomic E-state index is -0.357. The molecule has 1 fully saturated rings. The highest BCUT2D eigenvalue weighted by Crippen LogP contribution is 2.55. The third-order valence-corrected chi connectivity index (χ3v) is 5.13. The lowest BCUT2D eigenvalue weighted by atomic mass is 10.1. The third-order valence-electron chi connectivity index (χ3n) is 4.10. The standard InChI is InChI=1S/C19H13N3O4S/c23-18(13-7-4-10-25-13)22-19-21-14(12-6-3-9-24-12)17(27-19)16-15(26-16)11-5-1-2-8-20-11/h1-10,15-16H,(H,21,22,23). The number of nitrogens with zero attached hydrogens (tertiary/aromatic N) is 2. The Morgan fingerprint density at radius 1 is 1.04 bits per heavy atom. The Kier molecular flexibility index (Phi) is 3.84. The lowest BCUT2D eigenvalue weighted by Crippen LogP contribution is -2.10. The van der Waals surface area contributed by atoms with E-state index in [1.165, 1.54) is 17.6 Å². The molecule has 2 atom stereocenters. The van der Waals surface area contributed by atoms with Crippen LogP contribution in [0.1, 0.15) is 33.3 Å². The summed E-state index contributed by atoms with van der Waals surface area (Å²) >= 11 is 1.35. The van der Waals surface area contributed by atoms with Gasteiger partial charge in [0.15, 0.2) is 16.7 Å². The molecule has 5 rings (SSSR count). The maximum absolute atomic E-state index is 12.3. The predicted molar refractivity (Wildman–Crippen MR) is 97.3 cm³/mol. The maximum Gasteiger partial charge on any atom is 0.293 e. The lowest BCUT2D eigenvalue weighted by molar-refractivity contribution is 0.0996. The number of epoxide rings is 1. The number of furan rings is 2. The molecule has 7 nitrogen and oxygen atoms in total. The third kappa shape index (κ3) is 3.05. The fourth-order valence-electron chi connectivity index (χ4n) is 2.82. The van der Waals surface area contributed by atoms with Crippen LogP contribution in [0.3, 0.4) is 0 Å². The van der Waals surface area contributed by atoms with E-state index in [-0.39, 0.29) is 23.9 Å². The number of thiazole rings is 1. The van der Waals surface area contributed by atoms with Crippen LogP contribution < -0.4 is 5.32 Å². The van der Waals surface area contributed by atoms with Crippen molar-refractivity contribution >= 4 is 22.4 Å². The van der Waals surface area contributed by atoms with Gasteiger partial charge in [-0.1, -0.05) is 17.4 Å². The molecule has 4 aromatic rings. The molecule has 0 saturated carbocycles. The van der Waals surface area contributed by atoms with Gasteiger partial charge in [-0.3, -0.25) is 15.1 Å². The molecule has 2 unspecified atom stereocenters. The number of ether oxygens (including phenoxy) is 1. The van der Waals surface area contributed by atoms with Crippen molar-refractivity contribution in [2.24, 2.45) is 0 Å². The van der Waals surface area contributed by atoms with Gasteiger partial charge in [-0.2, -0.15) is 0 Å². The SMILES string of the molecule is O=C(Nc1nc(-c2ccco2)c(C2OC2c2ccccn2)s1)c1ccco1. The van der Waals surface area contributed by atoms with Crippen molar-refractivity contribution in [3.05, 3.63) is 77.5 Å². The Hall–Kier alpha value is -3.23. The first-order chi connectivity index (χ1) is 13.3. The summed E-state index contributed by atoms with van der Waals surface area (Å²) in [6.07, 6.45) is 4.47. The molecule has 1 aliphatic heterocycles. The van der Waals surface area contributed by atoms with Crippen molar-refractivity contribution in [3.63, 3.8) is 0 Å². The number of aromatic nitrogens is 2. The van der Waals surface area contributed by atoms with Gasteiger partial charge >= 0.3 is 0 Å². The van der Waals surface area contributed by atoms with E-state index in [9.17, 15) is 4.79 Å². The van der Waals surface area contributed by atoms with Crippen LogP contribution in [0.25, 0.3) is 11.5 Å². The highest BCUT2D eigenvalue weighted by atomic mass is 32.1. The van der Waals surface area contributed by atoms with E-state index in [0.29, 0.717) is 16.6 Å². The number of hydrogen-bond acceptors (Lipinski definition) is 7.